The van der Waals surface area contributed by atoms with Gasteiger partial charge in [-0.05, 0) is 54.7 Å². The van der Waals surface area contributed by atoms with Crippen molar-refractivity contribution in [3.05, 3.63) is 57.6 Å². The zero-order valence-electron chi connectivity index (χ0n) is 16.4. The largest absolute Gasteiger partial charge is 0.507 e. The Kier molecular flexibility index (Phi) is 7.06. The van der Waals surface area contributed by atoms with E-state index in [9.17, 15) is 10.2 Å². The van der Waals surface area contributed by atoms with Gasteiger partial charge < -0.3 is 19.7 Å². The molecule has 0 radical (unpaired) electrons. The lowest BCUT2D eigenvalue weighted by Crippen LogP contribution is -2.05. The molecule has 0 atom stereocenters. The van der Waals surface area contributed by atoms with Crippen LogP contribution in [0.4, 0.5) is 0 Å². The van der Waals surface area contributed by atoms with E-state index < -0.39 is 0 Å². The van der Waals surface area contributed by atoms with E-state index in [0.717, 1.165) is 46.2 Å². The van der Waals surface area contributed by atoms with E-state index in [1.165, 1.54) is 0 Å². The molecular formula is C22H30O4. The molecule has 0 bridgehead atoms. The average molecular weight is 358 g/mol. The molecule has 0 aliphatic heterocycles. The van der Waals surface area contributed by atoms with Crippen LogP contribution in [0.15, 0.2) is 24.3 Å². The molecule has 142 valence electrons. The summed E-state index contributed by atoms with van der Waals surface area (Å²) in [7, 11) is 3.26. The maximum absolute atomic E-state index is 10.3. The van der Waals surface area contributed by atoms with E-state index >= 15 is 0 Å². The number of rotatable bonds is 8. The van der Waals surface area contributed by atoms with Crippen LogP contribution >= 0.6 is 0 Å². The lowest BCUT2D eigenvalue weighted by molar-refractivity contribution is 0.181. The fraction of sp³-hybridized carbons (Fsp3) is 0.455. The number of aryl methyl sites for hydroxylation is 2. The Morgan fingerprint density at radius 1 is 0.808 bits per heavy atom. The third kappa shape index (κ3) is 4.37. The van der Waals surface area contributed by atoms with Crippen molar-refractivity contribution in [3.8, 4) is 11.5 Å². The summed E-state index contributed by atoms with van der Waals surface area (Å²) in [6.07, 6.45) is 2.01. The van der Waals surface area contributed by atoms with Crippen LogP contribution in [0.2, 0.25) is 0 Å². The minimum Gasteiger partial charge on any atom is -0.507 e. The third-order valence-electron chi connectivity index (χ3n) is 4.79. The summed E-state index contributed by atoms with van der Waals surface area (Å²) in [5.41, 5.74) is 5.62. The summed E-state index contributed by atoms with van der Waals surface area (Å²) < 4.78 is 10.5. The summed E-state index contributed by atoms with van der Waals surface area (Å²) in [5.74, 6) is 0.783. The van der Waals surface area contributed by atoms with Gasteiger partial charge in [0.2, 0.25) is 0 Å². The van der Waals surface area contributed by atoms with Crippen LogP contribution < -0.4 is 0 Å². The normalized spacial score (nSPS) is 11.3. The topological polar surface area (TPSA) is 58.9 Å². The molecule has 0 fully saturated rings. The van der Waals surface area contributed by atoms with E-state index in [2.05, 4.69) is 6.92 Å². The number of benzene rings is 2. The van der Waals surface area contributed by atoms with Crippen LogP contribution in [0.5, 0.6) is 11.5 Å². The maximum atomic E-state index is 10.3. The van der Waals surface area contributed by atoms with Crippen molar-refractivity contribution < 1.29 is 19.7 Å². The molecular weight excluding hydrogens is 328 g/mol. The average Bonchev–Trinajstić information content (AvgIpc) is 2.61. The fourth-order valence-corrected chi connectivity index (χ4v) is 3.51. The molecule has 0 saturated heterocycles. The Labute approximate surface area is 156 Å². The standard InChI is InChI=1S/C22H30O4/c1-6-7-20(16-8-14(2)21(23)18(10-16)12-25-4)17-9-15(3)22(24)19(11-17)13-26-5/h8-11,20,23-24H,6-7,12-13H2,1-5H3. The third-order valence-corrected chi connectivity index (χ3v) is 4.79. The Morgan fingerprint density at radius 3 is 1.58 bits per heavy atom. The van der Waals surface area contributed by atoms with Crippen LogP contribution in [0.25, 0.3) is 0 Å². The maximum Gasteiger partial charge on any atom is 0.124 e. The molecule has 2 N–H and O–H groups in total. The van der Waals surface area contributed by atoms with Gasteiger partial charge in [0.25, 0.3) is 0 Å². The first-order valence-electron chi connectivity index (χ1n) is 9.05. The summed E-state index contributed by atoms with van der Waals surface area (Å²) >= 11 is 0. The van der Waals surface area contributed by atoms with Gasteiger partial charge in [-0.25, -0.2) is 0 Å². The highest BCUT2D eigenvalue weighted by Crippen LogP contribution is 2.37. The second-order valence-corrected chi connectivity index (χ2v) is 6.90. The van der Waals surface area contributed by atoms with Gasteiger partial charge in [-0.3, -0.25) is 0 Å². The molecule has 4 heteroatoms. The number of phenolic OH excluding ortho intramolecular Hbond substituents is 2. The molecule has 4 nitrogen and oxygen atoms in total. The Morgan fingerprint density at radius 2 is 1.23 bits per heavy atom. The summed E-state index contributed by atoms with van der Waals surface area (Å²) in [4.78, 5) is 0. The molecule has 0 unspecified atom stereocenters. The Balaban J connectivity index is 2.56. The van der Waals surface area contributed by atoms with Crippen LogP contribution in [-0.4, -0.2) is 24.4 Å². The number of phenols is 2. The molecule has 0 heterocycles. The minimum atomic E-state index is 0.185. The highest BCUT2D eigenvalue weighted by Gasteiger charge is 2.19. The van der Waals surface area contributed by atoms with Gasteiger partial charge in [0.05, 0.1) is 13.2 Å². The zero-order chi connectivity index (χ0) is 19.3. The zero-order valence-corrected chi connectivity index (χ0v) is 16.4. The van der Waals surface area contributed by atoms with E-state index in [-0.39, 0.29) is 5.92 Å². The first-order chi connectivity index (χ1) is 12.4. The van der Waals surface area contributed by atoms with Gasteiger partial charge in [-0.15, -0.1) is 0 Å². The van der Waals surface area contributed by atoms with Crippen LogP contribution in [0.3, 0.4) is 0 Å². The number of hydrogen-bond acceptors (Lipinski definition) is 4. The molecule has 2 aromatic carbocycles. The van der Waals surface area contributed by atoms with Crippen molar-refractivity contribution in [1.29, 1.82) is 0 Å². The molecule has 0 aliphatic carbocycles. The van der Waals surface area contributed by atoms with Crippen molar-refractivity contribution in [2.45, 2.75) is 52.7 Å². The predicted molar refractivity (Wildman–Crippen MR) is 104 cm³/mol. The van der Waals surface area contributed by atoms with Crippen molar-refractivity contribution in [3.63, 3.8) is 0 Å². The fourth-order valence-electron chi connectivity index (χ4n) is 3.51. The molecule has 0 spiro atoms. The van der Waals surface area contributed by atoms with Crippen molar-refractivity contribution in [2.75, 3.05) is 14.2 Å². The predicted octanol–water partition coefficient (Wildman–Crippen LogP) is 4.94. The first-order valence-corrected chi connectivity index (χ1v) is 9.05. The summed E-state index contributed by atoms with van der Waals surface area (Å²) in [5, 5.41) is 20.6. The summed E-state index contributed by atoms with van der Waals surface area (Å²) in [6.45, 7) is 6.75. The highest BCUT2D eigenvalue weighted by molar-refractivity contribution is 5.49. The molecule has 0 amide bonds. The second-order valence-electron chi connectivity index (χ2n) is 6.90. The molecule has 0 aromatic heterocycles. The van der Waals surface area contributed by atoms with E-state index in [1.807, 2.05) is 38.1 Å². The van der Waals surface area contributed by atoms with E-state index in [1.54, 1.807) is 14.2 Å². The van der Waals surface area contributed by atoms with Gasteiger partial charge in [-0.2, -0.15) is 0 Å². The van der Waals surface area contributed by atoms with Crippen LogP contribution in [0, 0.1) is 13.8 Å². The molecule has 2 rings (SSSR count). The Bertz CT molecular complexity index is 691. The van der Waals surface area contributed by atoms with Crippen molar-refractivity contribution >= 4 is 0 Å². The minimum absolute atomic E-state index is 0.185. The van der Waals surface area contributed by atoms with Gasteiger partial charge in [-0.1, -0.05) is 25.5 Å². The van der Waals surface area contributed by atoms with Gasteiger partial charge in [0.15, 0.2) is 0 Å². The van der Waals surface area contributed by atoms with Gasteiger partial charge in [0.1, 0.15) is 11.5 Å². The van der Waals surface area contributed by atoms with E-state index in [4.69, 9.17) is 9.47 Å². The second kappa shape index (κ2) is 9.06. The number of ether oxygens (including phenoxy) is 2. The Hall–Kier alpha value is -2.04. The van der Waals surface area contributed by atoms with Crippen LogP contribution in [-0.2, 0) is 22.7 Å². The lowest BCUT2D eigenvalue weighted by Gasteiger charge is -2.22. The monoisotopic (exact) mass is 358 g/mol. The van der Waals surface area contributed by atoms with Gasteiger partial charge in [0, 0.05) is 31.3 Å². The SMILES string of the molecule is CCCC(c1cc(C)c(O)c(COC)c1)c1cc(C)c(O)c(COC)c1. The van der Waals surface area contributed by atoms with E-state index in [0.29, 0.717) is 24.7 Å². The van der Waals surface area contributed by atoms with Crippen LogP contribution in [0.1, 0.15) is 59.1 Å². The first kappa shape index (κ1) is 20.3. The molecule has 2 aromatic rings. The molecule has 0 aliphatic rings. The number of aromatic hydroxyl groups is 2. The lowest BCUT2D eigenvalue weighted by atomic mass is 9.84. The quantitative estimate of drug-likeness (QED) is 0.702. The highest BCUT2D eigenvalue weighted by atomic mass is 16.5. The number of hydrogen-bond donors (Lipinski definition) is 2. The molecule has 0 saturated carbocycles. The van der Waals surface area contributed by atoms with Crippen molar-refractivity contribution in [2.24, 2.45) is 0 Å². The van der Waals surface area contributed by atoms with Crippen molar-refractivity contribution in [1.82, 2.24) is 0 Å². The van der Waals surface area contributed by atoms with Gasteiger partial charge >= 0.3 is 0 Å². The number of methoxy groups -OCH3 is 2. The molecule has 26 heavy (non-hydrogen) atoms. The summed E-state index contributed by atoms with van der Waals surface area (Å²) in [6, 6.07) is 8.16. The smallest absolute Gasteiger partial charge is 0.124 e.